The summed E-state index contributed by atoms with van der Waals surface area (Å²) in [5, 5.41) is 4.93. The highest BCUT2D eigenvalue weighted by atomic mass is 35.5. The van der Waals surface area contributed by atoms with Crippen LogP contribution in [-0.4, -0.2) is 24.1 Å². The zero-order chi connectivity index (χ0) is 14.7. The van der Waals surface area contributed by atoms with Crippen molar-refractivity contribution in [1.29, 1.82) is 0 Å². The van der Waals surface area contributed by atoms with Crippen LogP contribution in [0, 0.1) is 0 Å². The third-order valence-corrected chi connectivity index (χ3v) is 4.38. The Morgan fingerprint density at radius 2 is 1.76 bits per heavy atom. The lowest BCUT2D eigenvalue weighted by Gasteiger charge is -2.34. The van der Waals surface area contributed by atoms with Gasteiger partial charge < -0.3 is 10.2 Å². The standard InChI is InChI=1S/C16H17Cl2N3/c17-12-1-2-15(18)16(11-12)20-13-5-9-21(10-6-13)14-3-7-19-8-4-14/h1-4,7-8,11,13,20H,5-6,9-10H2. The summed E-state index contributed by atoms with van der Waals surface area (Å²) in [6.45, 7) is 2.06. The molecule has 0 atom stereocenters. The molecule has 0 saturated carbocycles. The second-order valence-electron chi connectivity index (χ2n) is 5.24. The summed E-state index contributed by atoms with van der Waals surface area (Å²) in [5.74, 6) is 0. The van der Waals surface area contributed by atoms with E-state index in [1.807, 2.05) is 24.5 Å². The highest BCUT2D eigenvalue weighted by Gasteiger charge is 2.19. The van der Waals surface area contributed by atoms with Crippen LogP contribution in [0.1, 0.15) is 12.8 Å². The van der Waals surface area contributed by atoms with Gasteiger partial charge in [-0.15, -0.1) is 0 Å². The van der Waals surface area contributed by atoms with Gasteiger partial charge in [0.05, 0.1) is 10.7 Å². The number of hydrogen-bond acceptors (Lipinski definition) is 3. The Hall–Kier alpha value is -1.45. The third kappa shape index (κ3) is 3.60. The van der Waals surface area contributed by atoms with E-state index in [0.717, 1.165) is 36.6 Å². The van der Waals surface area contributed by atoms with Crippen molar-refractivity contribution in [3.8, 4) is 0 Å². The number of piperidine rings is 1. The van der Waals surface area contributed by atoms with Gasteiger partial charge in [-0.1, -0.05) is 23.2 Å². The summed E-state index contributed by atoms with van der Waals surface area (Å²) >= 11 is 12.2. The number of hydrogen-bond donors (Lipinski definition) is 1. The summed E-state index contributed by atoms with van der Waals surface area (Å²) < 4.78 is 0. The van der Waals surface area contributed by atoms with E-state index in [1.54, 1.807) is 6.07 Å². The van der Waals surface area contributed by atoms with Crippen LogP contribution >= 0.6 is 23.2 Å². The van der Waals surface area contributed by atoms with Crippen LogP contribution in [-0.2, 0) is 0 Å². The lowest BCUT2D eigenvalue weighted by molar-refractivity contribution is 0.526. The molecular formula is C16H17Cl2N3. The topological polar surface area (TPSA) is 28.2 Å². The van der Waals surface area contributed by atoms with Crippen LogP contribution in [0.5, 0.6) is 0 Å². The SMILES string of the molecule is Clc1ccc(Cl)c(NC2CCN(c3ccncc3)CC2)c1. The molecule has 1 aromatic heterocycles. The molecule has 1 N–H and O–H groups in total. The largest absolute Gasteiger partial charge is 0.381 e. The number of anilines is 2. The molecule has 0 unspecified atom stereocenters. The van der Waals surface area contributed by atoms with E-state index in [-0.39, 0.29) is 0 Å². The minimum absolute atomic E-state index is 0.430. The van der Waals surface area contributed by atoms with Gasteiger partial charge in [-0.25, -0.2) is 0 Å². The molecule has 2 aromatic rings. The van der Waals surface area contributed by atoms with Crippen molar-refractivity contribution in [3.63, 3.8) is 0 Å². The second-order valence-corrected chi connectivity index (χ2v) is 6.08. The van der Waals surface area contributed by atoms with Crippen LogP contribution in [0.2, 0.25) is 10.0 Å². The first-order valence-corrected chi connectivity index (χ1v) is 7.84. The average Bonchev–Trinajstić information content (AvgIpc) is 2.53. The summed E-state index contributed by atoms with van der Waals surface area (Å²) in [6, 6.07) is 10.1. The van der Waals surface area contributed by atoms with Gasteiger partial charge in [0.1, 0.15) is 0 Å². The van der Waals surface area contributed by atoms with Crippen LogP contribution in [0.15, 0.2) is 42.7 Å². The first kappa shape index (κ1) is 14.5. The number of rotatable bonds is 3. The molecule has 2 heterocycles. The lowest BCUT2D eigenvalue weighted by Crippen LogP contribution is -2.39. The maximum atomic E-state index is 6.20. The Morgan fingerprint density at radius 3 is 2.48 bits per heavy atom. The molecule has 1 aliphatic rings. The molecular weight excluding hydrogens is 305 g/mol. The van der Waals surface area contributed by atoms with Crippen molar-refractivity contribution in [2.24, 2.45) is 0 Å². The van der Waals surface area contributed by atoms with Gasteiger partial charge in [-0.2, -0.15) is 0 Å². The monoisotopic (exact) mass is 321 g/mol. The fourth-order valence-corrected chi connectivity index (χ4v) is 3.01. The molecule has 21 heavy (non-hydrogen) atoms. The molecule has 1 aliphatic heterocycles. The number of benzene rings is 1. The Balaban J connectivity index is 1.60. The molecule has 110 valence electrons. The Kier molecular flexibility index (Phi) is 4.51. The minimum atomic E-state index is 0.430. The van der Waals surface area contributed by atoms with Crippen LogP contribution in [0.4, 0.5) is 11.4 Å². The van der Waals surface area contributed by atoms with E-state index in [1.165, 1.54) is 5.69 Å². The molecule has 0 radical (unpaired) electrons. The van der Waals surface area contributed by atoms with E-state index in [2.05, 4.69) is 27.3 Å². The molecule has 0 spiro atoms. The van der Waals surface area contributed by atoms with Crippen molar-refractivity contribution in [2.75, 3.05) is 23.3 Å². The number of pyridine rings is 1. The molecule has 1 fully saturated rings. The summed E-state index contributed by atoms with van der Waals surface area (Å²) in [7, 11) is 0. The van der Waals surface area contributed by atoms with E-state index >= 15 is 0 Å². The maximum Gasteiger partial charge on any atom is 0.0638 e. The van der Waals surface area contributed by atoms with E-state index in [9.17, 15) is 0 Å². The fraction of sp³-hybridized carbons (Fsp3) is 0.312. The summed E-state index contributed by atoms with van der Waals surface area (Å²) in [5.41, 5.74) is 2.16. The smallest absolute Gasteiger partial charge is 0.0638 e. The van der Waals surface area contributed by atoms with Crippen molar-refractivity contribution in [1.82, 2.24) is 4.98 Å². The average molecular weight is 322 g/mol. The Labute approximate surface area is 134 Å². The van der Waals surface area contributed by atoms with Crippen molar-refractivity contribution in [2.45, 2.75) is 18.9 Å². The van der Waals surface area contributed by atoms with Crippen LogP contribution < -0.4 is 10.2 Å². The third-order valence-electron chi connectivity index (χ3n) is 3.81. The Bertz CT molecular complexity index is 596. The van der Waals surface area contributed by atoms with Gasteiger partial charge >= 0.3 is 0 Å². The fourth-order valence-electron chi connectivity index (χ4n) is 2.66. The highest BCUT2D eigenvalue weighted by molar-refractivity contribution is 6.35. The van der Waals surface area contributed by atoms with E-state index in [0.29, 0.717) is 11.1 Å². The van der Waals surface area contributed by atoms with Gasteiger partial charge in [0, 0.05) is 42.2 Å². The van der Waals surface area contributed by atoms with Gasteiger partial charge in [-0.3, -0.25) is 4.98 Å². The number of aromatic nitrogens is 1. The molecule has 0 amide bonds. The predicted octanol–water partition coefficient (Wildman–Crippen LogP) is 4.47. The number of nitrogens with zero attached hydrogens (tertiary/aromatic N) is 2. The molecule has 0 aliphatic carbocycles. The van der Waals surface area contributed by atoms with Crippen LogP contribution in [0.25, 0.3) is 0 Å². The van der Waals surface area contributed by atoms with Gasteiger partial charge in [-0.05, 0) is 43.2 Å². The second kappa shape index (κ2) is 6.54. The zero-order valence-corrected chi connectivity index (χ0v) is 13.1. The molecule has 3 rings (SSSR count). The van der Waals surface area contributed by atoms with Gasteiger partial charge in [0.25, 0.3) is 0 Å². The molecule has 3 nitrogen and oxygen atoms in total. The Morgan fingerprint density at radius 1 is 1.05 bits per heavy atom. The molecule has 1 aromatic carbocycles. The van der Waals surface area contributed by atoms with Gasteiger partial charge in [0.15, 0.2) is 0 Å². The molecule has 0 bridgehead atoms. The predicted molar refractivity (Wildman–Crippen MR) is 89.6 cm³/mol. The minimum Gasteiger partial charge on any atom is -0.381 e. The van der Waals surface area contributed by atoms with Crippen LogP contribution in [0.3, 0.4) is 0 Å². The molecule has 1 saturated heterocycles. The van der Waals surface area contributed by atoms with E-state index < -0.39 is 0 Å². The normalized spacial score (nSPS) is 16.0. The molecule has 5 heteroatoms. The maximum absolute atomic E-state index is 6.20. The summed E-state index contributed by atoms with van der Waals surface area (Å²) in [4.78, 5) is 6.45. The van der Waals surface area contributed by atoms with Gasteiger partial charge in [0.2, 0.25) is 0 Å². The van der Waals surface area contributed by atoms with Crippen molar-refractivity contribution in [3.05, 3.63) is 52.8 Å². The first-order valence-electron chi connectivity index (χ1n) is 7.09. The summed E-state index contributed by atoms with van der Waals surface area (Å²) in [6.07, 6.45) is 5.83. The quantitative estimate of drug-likeness (QED) is 0.904. The van der Waals surface area contributed by atoms with E-state index in [4.69, 9.17) is 23.2 Å². The van der Waals surface area contributed by atoms with Crippen molar-refractivity contribution < 1.29 is 0 Å². The first-order chi connectivity index (χ1) is 10.2. The lowest BCUT2D eigenvalue weighted by atomic mass is 10.0. The highest BCUT2D eigenvalue weighted by Crippen LogP contribution is 2.28. The number of halogens is 2. The van der Waals surface area contributed by atoms with Crippen molar-refractivity contribution >= 4 is 34.6 Å². The zero-order valence-electron chi connectivity index (χ0n) is 11.6. The number of nitrogens with one attached hydrogen (secondary N) is 1.